The van der Waals surface area contributed by atoms with Crippen LogP contribution in [0.2, 0.25) is 0 Å². The molecule has 0 aliphatic rings. The standard InChI is InChI=1S/C16H30N2O5S/c1-8-10(2)12(18-15(21)23-16(3,4)5)13(19)17-11(9-24-7)14(20)22-6/h10-12H,8-9H2,1-7H3,(H,17,19)(H,18,21)/t10-,11-,12-/m0/s1/i7D3. The Morgan fingerprint density at radius 1 is 1.25 bits per heavy atom. The Bertz CT molecular complexity index is 523. The van der Waals surface area contributed by atoms with Crippen LogP contribution in [-0.2, 0) is 19.1 Å². The molecule has 24 heavy (non-hydrogen) atoms. The topological polar surface area (TPSA) is 93.7 Å². The van der Waals surface area contributed by atoms with Crippen molar-refractivity contribution in [3.8, 4) is 0 Å². The number of rotatable bonds is 8. The lowest BCUT2D eigenvalue weighted by Gasteiger charge is -2.27. The molecule has 0 fully saturated rings. The van der Waals surface area contributed by atoms with E-state index >= 15 is 0 Å². The number of hydrogen-bond acceptors (Lipinski definition) is 6. The summed E-state index contributed by atoms with van der Waals surface area (Å²) in [6.45, 7) is 8.72. The summed E-state index contributed by atoms with van der Waals surface area (Å²) in [6, 6.07) is -2.10. The molecule has 0 aromatic carbocycles. The van der Waals surface area contributed by atoms with Crippen LogP contribution in [0.25, 0.3) is 0 Å². The zero-order valence-corrected chi connectivity index (χ0v) is 15.9. The van der Waals surface area contributed by atoms with Crippen LogP contribution in [-0.4, -0.2) is 54.7 Å². The second-order valence-electron chi connectivity index (χ2n) is 6.40. The second-order valence-corrected chi connectivity index (χ2v) is 7.03. The predicted octanol–water partition coefficient (Wildman–Crippen LogP) is 1.95. The largest absolute Gasteiger partial charge is 0.467 e. The number of thioether (sulfide) groups is 1. The summed E-state index contributed by atoms with van der Waals surface area (Å²) in [4.78, 5) is 36.6. The summed E-state index contributed by atoms with van der Waals surface area (Å²) in [5.41, 5.74) is -0.731. The first kappa shape index (κ1) is 17.4. The SMILES string of the molecule is [2H]C([2H])([2H])SC[C@H](NC(=O)[C@@H](NC(=O)OC(C)(C)C)[C@@H](C)CC)C(=O)OC. The van der Waals surface area contributed by atoms with Crippen molar-refractivity contribution in [3.63, 3.8) is 0 Å². The second kappa shape index (κ2) is 10.4. The average Bonchev–Trinajstić information content (AvgIpc) is 2.52. The molecule has 2 amide bonds. The number of ether oxygens (including phenoxy) is 2. The molecule has 0 radical (unpaired) electrons. The van der Waals surface area contributed by atoms with Gasteiger partial charge in [0.2, 0.25) is 5.91 Å². The van der Waals surface area contributed by atoms with Crippen molar-refractivity contribution in [1.29, 1.82) is 0 Å². The number of carbonyl (C=O) groups is 3. The van der Waals surface area contributed by atoms with Crippen molar-refractivity contribution in [3.05, 3.63) is 0 Å². The van der Waals surface area contributed by atoms with Crippen molar-refractivity contribution in [2.75, 3.05) is 19.0 Å². The lowest BCUT2D eigenvalue weighted by molar-refractivity contribution is -0.144. The normalized spacial score (nSPS) is 17.3. The number of amides is 2. The van der Waals surface area contributed by atoms with Crippen LogP contribution in [0.4, 0.5) is 4.79 Å². The van der Waals surface area contributed by atoms with Crippen molar-refractivity contribution in [1.82, 2.24) is 10.6 Å². The fraction of sp³-hybridized carbons (Fsp3) is 0.812. The summed E-state index contributed by atoms with van der Waals surface area (Å²) in [5, 5.41) is 4.98. The van der Waals surface area contributed by atoms with Gasteiger partial charge in [-0.3, -0.25) is 4.79 Å². The molecule has 3 atom stereocenters. The van der Waals surface area contributed by atoms with Crippen LogP contribution >= 0.6 is 11.8 Å². The molecular formula is C16H30N2O5S. The van der Waals surface area contributed by atoms with Gasteiger partial charge < -0.3 is 20.1 Å². The lowest BCUT2D eigenvalue weighted by atomic mass is 9.98. The molecular weight excluding hydrogens is 332 g/mol. The van der Waals surface area contributed by atoms with E-state index in [4.69, 9.17) is 8.85 Å². The molecule has 0 unspecified atom stereocenters. The maximum atomic E-state index is 12.7. The highest BCUT2D eigenvalue weighted by Gasteiger charge is 2.31. The molecule has 2 N–H and O–H groups in total. The fourth-order valence-corrected chi connectivity index (χ4v) is 2.18. The van der Waals surface area contributed by atoms with Crippen molar-refractivity contribution < 1.29 is 28.0 Å². The monoisotopic (exact) mass is 365 g/mol. The van der Waals surface area contributed by atoms with Gasteiger partial charge in [-0.2, -0.15) is 11.8 Å². The summed E-state index contributed by atoms with van der Waals surface area (Å²) in [6.07, 6.45) is -2.49. The van der Waals surface area contributed by atoms with E-state index < -0.39 is 41.8 Å². The Hall–Kier alpha value is -1.44. The Morgan fingerprint density at radius 2 is 1.88 bits per heavy atom. The predicted molar refractivity (Wildman–Crippen MR) is 94.9 cm³/mol. The van der Waals surface area contributed by atoms with Gasteiger partial charge in [-0.05, 0) is 32.9 Å². The molecule has 0 saturated carbocycles. The Kier molecular flexibility index (Phi) is 7.56. The third-order valence-corrected chi connectivity index (χ3v) is 3.72. The van der Waals surface area contributed by atoms with E-state index in [1.54, 1.807) is 27.7 Å². The number of esters is 1. The number of carbonyl (C=O) groups excluding carboxylic acids is 3. The highest BCUT2D eigenvalue weighted by atomic mass is 32.2. The maximum Gasteiger partial charge on any atom is 0.408 e. The Balaban J connectivity index is 5.21. The number of alkyl carbamates (subject to hydrolysis) is 1. The van der Waals surface area contributed by atoms with E-state index in [1.807, 2.05) is 6.92 Å². The summed E-state index contributed by atoms with van der Waals surface area (Å²) in [5.74, 6) is -1.81. The Labute approximate surface area is 152 Å². The van der Waals surface area contributed by atoms with Crippen LogP contribution in [0.3, 0.4) is 0 Å². The quantitative estimate of drug-likeness (QED) is 0.639. The molecule has 140 valence electrons. The van der Waals surface area contributed by atoms with E-state index in [2.05, 4.69) is 15.4 Å². The van der Waals surface area contributed by atoms with Gasteiger partial charge in [-0.25, -0.2) is 9.59 Å². The lowest BCUT2D eigenvalue weighted by Crippen LogP contribution is -2.55. The zero-order valence-electron chi connectivity index (χ0n) is 18.1. The molecule has 0 aliphatic heterocycles. The minimum atomic E-state index is -2.32. The van der Waals surface area contributed by atoms with Crippen molar-refractivity contribution >= 4 is 29.7 Å². The van der Waals surface area contributed by atoms with Gasteiger partial charge in [0.1, 0.15) is 17.7 Å². The van der Waals surface area contributed by atoms with Gasteiger partial charge in [-0.15, -0.1) is 0 Å². The number of methoxy groups -OCH3 is 1. The molecule has 8 heteroatoms. The minimum absolute atomic E-state index is 0.186. The van der Waals surface area contributed by atoms with E-state index in [1.165, 1.54) is 0 Å². The van der Waals surface area contributed by atoms with Crippen molar-refractivity contribution in [2.45, 2.75) is 58.7 Å². The van der Waals surface area contributed by atoms with Gasteiger partial charge in [0.15, 0.2) is 0 Å². The first-order valence-electron chi connectivity index (χ1n) is 9.21. The van der Waals surface area contributed by atoms with Gasteiger partial charge in [-0.1, -0.05) is 20.3 Å². The summed E-state index contributed by atoms with van der Waals surface area (Å²) >= 11 is 0.547. The fourth-order valence-electron chi connectivity index (χ4n) is 1.79. The highest BCUT2D eigenvalue weighted by molar-refractivity contribution is 7.98. The number of hydrogen-bond donors (Lipinski definition) is 2. The van der Waals surface area contributed by atoms with E-state index in [0.717, 1.165) is 7.11 Å². The van der Waals surface area contributed by atoms with E-state index in [0.29, 0.717) is 18.2 Å². The molecule has 0 bridgehead atoms. The zero-order chi connectivity index (χ0) is 21.4. The first-order chi connectivity index (χ1) is 12.2. The van der Waals surface area contributed by atoms with Crippen LogP contribution in [0.1, 0.15) is 45.2 Å². The molecule has 7 nitrogen and oxygen atoms in total. The molecule has 0 heterocycles. The molecule has 0 saturated heterocycles. The third kappa shape index (κ3) is 8.42. The van der Waals surface area contributed by atoms with Crippen molar-refractivity contribution in [2.24, 2.45) is 5.92 Å². The minimum Gasteiger partial charge on any atom is -0.467 e. The molecule has 0 aromatic rings. The maximum absolute atomic E-state index is 12.7. The van der Waals surface area contributed by atoms with Crippen LogP contribution in [0.15, 0.2) is 0 Å². The molecule has 0 rings (SSSR count). The van der Waals surface area contributed by atoms with Crippen LogP contribution in [0.5, 0.6) is 0 Å². The smallest absolute Gasteiger partial charge is 0.408 e. The van der Waals surface area contributed by atoms with Crippen LogP contribution < -0.4 is 10.6 Å². The van der Waals surface area contributed by atoms with E-state index in [9.17, 15) is 14.4 Å². The van der Waals surface area contributed by atoms with Gasteiger partial charge in [0.05, 0.1) is 7.11 Å². The average molecular weight is 366 g/mol. The molecule has 0 spiro atoms. The molecule has 0 aliphatic carbocycles. The number of nitrogens with one attached hydrogen (secondary N) is 2. The third-order valence-electron chi connectivity index (χ3n) is 3.22. The Morgan fingerprint density at radius 3 is 2.33 bits per heavy atom. The summed E-state index contributed by atoms with van der Waals surface area (Å²) < 4.78 is 31.5. The van der Waals surface area contributed by atoms with Gasteiger partial charge in [0, 0.05) is 9.87 Å². The highest BCUT2D eigenvalue weighted by Crippen LogP contribution is 2.12. The summed E-state index contributed by atoms with van der Waals surface area (Å²) in [7, 11) is 1.15. The molecule has 0 aromatic heterocycles. The van der Waals surface area contributed by atoms with E-state index in [-0.39, 0.29) is 11.7 Å². The van der Waals surface area contributed by atoms with Gasteiger partial charge in [0.25, 0.3) is 0 Å². The van der Waals surface area contributed by atoms with Crippen LogP contribution in [0, 0.1) is 5.92 Å². The first-order valence-corrected chi connectivity index (χ1v) is 8.70. The van der Waals surface area contributed by atoms with Gasteiger partial charge >= 0.3 is 12.1 Å².